The number of phenols is 1. The molecular formula is C7H4FNO5. The summed E-state index contributed by atoms with van der Waals surface area (Å²) in [5.41, 5.74) is -1.90. The van der Waals surface area contributed by atoms with Crippen LogP contribution in [0, 0.1) is 15.9 Å². The van der Waals surface area contributed by atoms with Crippen LogP contribution in [0.5, 0.6) is 5.75 Å². The van der Waals surface area contributed by atoms with Crippen molar-refractivity contribution in [2.45, 2.75) is 0 Å². The van der Waals surface area contributed by atoms with Gasteiger partial charge in [0.1, 0.15) is 11.4 Å². The zero-order valence-electron chi connectivity index (χ0n) is 6.60. The highest BCUT2D eigenvalue weighted by Gasteiger charge is 2.25. The smallest absolute Gasteiger partial charge is 0.342 e. The fraction of sp³-hybridized carbons (Fsp3) is 0. The summed E-state index contributed by atoms with van der Waals surface area (Å²) in [5.74, 6) is -3.73. The number of carboxylic acid groups (broad SMARTS) is 1. The summed E-state index contributed by atoms with van der Waals surface area (Å²) in [5, 5.41) is 27.7. The molecule has 0 aliphatic rings. The second-order valence-electron chi connectivity index (χ2n) is 2.38. The van der Waals surface area contributed by atoms with Gasteiger partial charge in [0.2, 0.25) is 0 Å². The number of carbonyl (C=O) groups is 1. The van der Waals surface area contributed by atoms with E-state index in [4.69, 9.17) is 10.2 Å². The maximum atomic E-state index is 12.6. The summed E-state index contributed by atoms with van der Waals surface area (Å²) in [4.78, 5) is 19.7. The van der Waals surface area contributed by atoms with Crippen LogP contribution >= 0.6 is 0 Å². The molecule has 0 saturated heterocycles. The number of aromatic carboxylic acids is 1. The van der Waals surface area contributed by atoms with Gasteiger partial charge in [0, 0.05) is 6.07 Å². The first-order valence-corrected chi connectivity index (χ1v) is 3.33. The lowest BCUT2D eigenvalue weighted by Crippen LogP contribution is -2.03. The number of benzene rings is 1. The Kier molecular flexibility index (Phi) is 2.32. The van der Waals surface area contributed by atoms with E-state index in [0.29, 0.717) is 12.1 Å². The standard InChI is InChI=1S/C7H4FNO5/c8-3-1-4(7(11)12)6(9(13)14)5(10)2-3/h1-2,10H,(H,11,12). The van der Waals surface area contributed by atoms with Crippen LogP contribution in [0.2, 0.25) is 0 Å². The number of hydrogen-bond donors (Lipinski definition) is 2. The molecule has 0 radical (unpaired) electrons. The molecule has 0 atom stereocenters. The fourth-order valence-electron chi connectivity index (χ4n) is 0.940. The minimum Gasteiger partial charge on any atom is -0.502 e. The zero-order valence-corrected chi connectivity index (χ0v) is 6.60. The van der Waals surface area contributed by atoms with Crippen molar-refractivity contribution in [1.29, 1.82) is 0 Å². The number of hydrogen-bond acceptors (Lipinski definition) is 4. The van der Waals surface area contributed by atoms with Crippen LogP contribution < -0.4 is 0 Å². The largest absolute Gasteiger partial charge is 0.502 e. The Balaban J connectivity index is 3.52. The lowest BCUT2D eigenvalue weighted by Gasteiger charge is -2.00. The summed E-state index contributed by atoms with van der Waals surface area (Å²) in [6.07, 6.45) is 0. The van der Waals surface area contributed by atoms with Crippen molar-refractivity contribution in [3.8, 4) is 5.75 Å². The Bertz CT molecular complexity index is 417. The number of nitrogens with zero attached hydrogens (tertiary/aromatic N) is 1. The van der Waals surface area contributed by atoms with E-state index in [1.807, 2.05) is 0 Å². The Hall–Kier alpha value is -2.18. The zero-order chi connectivity index (χ0) is 10.9. The molecule has 14 heavy (non-hydrogen) atoms. The highest BCUT2D eigenvalue weighted by molar-refractivity contribution is 5.93. The SMILES string of the molecule is O=C(O)c1cc(F)cc(O)c1[N+](=O)[O-]. The van der Waals surface area contributed by atoms with Gasteiger partial charge in [-0.05, 0) is 6.07 Å². The summed E-state index contributed by atoms with van der Waals surface area (Å²) in [6, 6.07) is 0.949. The van der Waals surface area contributed by atoms with Crippen molar-refractivity contribution in [3.05, 3.63) is 33.6 Å². The van der Waals surface area contributed by atoms with E-state index in [-0.39, 0.29) is 0 Å². The van der Waals surface area contributed by atoms with E-state index < -0.39 is 33.7 Å². The summed E-state index contributed by atoms with van der Waals surface area (Å²) in [7, 11) is 0. The number of phenolic OH excluding ortho intramolecular Hbond substituents is 1. The highest BCUT2D eigenvalue weighted by Crippen LogP contribution is 2.30. The Morgan fingerprint density at radius 3 is 2.50 bits per heavy atom. The molecule has 0 saturated carbocycles. The van der Waals surface area contributed by atoms with Gasteiger partial charge in [-0.15, -0.1) is 0 Å². The van der Waals surface area contributed by atoms with E-state index in [9.17, 15) is 19.3 Å². The predicted molar refractivity (Wildman–Crippen MR) is 41.7 cm³/mol. The number of halogens is 1. The van der Waals surface area contributed by atoms with Crippen molar-refractivity contribution in [2.24, 2.45) is 0 Å². The second-order valence-corrected chi connectivity index (χ2v) is 2.38. The van der Waals surface area contributed by atoms with Crippen molar-refractivity contribution in [1.82, 2.24) is 0 Å². The van der Waals surface area contributed by atoms with Crippen LogP contribution in [0.1, 0.15) is 10.4 Å². The lowest BCUT2D eigenvalue weighted by atomic mass is 10.1. The van der Waals surface area contributed by atoms with Crippen molar-refractivity contribution in [2.75, 3.05) is 0 Å². The van der Waals surface area contributed by atoms with Crippen molar-refractivity contribution in [3.63, 3.8) is 0 Å². The van der Waals surface area contributed by atoms with Gasteiger partial charge in [0.15, 0.2) is 5.75 Å². The Labute approximate surface area is 76.4 Å². The lowest BCUT2D eigenvalue weighted by molar-refractivity contribution is -0.386. The molecule has 0 amide bonds. The van der Waals surface area contributed by atoms with Crippen LogP contribution in [0.4, 0.5) is 10.1 Å². The van der Waals surface area contributed by atoms with Gasteiger partial charge in [0.05, 0.1) is 4.92 Å². The molecule has 0 aromatic heterocycles. The molecule has 0 bridgehead atoms. The molecule has 0 aliphatic heterocycles. The molecule has 2 N–H and O–H groups in total. The third-order valence-electron chi connectivity index (χ3n) is 1.47. The minimum atomic E-state index is -1.67. The van der Waals surface area contributed by atoms with Gasteiger partial charge in [-0.2, -0.15) is 0 Å². The average molecular weight is 201 g/mol. The van der Waals surface area contributed by atoms with Gasteiger partial charge in [-0.1, -0.05) is 0 Å². The molecule has 74 valence electrons. The van der Waals surface area contributed by atoms with E-state index in [1.165, 1.54) is 0 Å². The van der Waals surface area contributed by atoms with Gasteiger partial charge in [-0.25, -0.2) is 9.18 Å². The topological polar surface area (TPSA) is 101 Å². The third kappa shape index (κ3) is 1.60. The normalized spacial score (nSPS) is 9.79. The van der Waals surface area contributed by atoms with Gasteiger partial charge in [0.25, 0.3) is 0 Å². The molecule has 1 aromatic rings. The molecular weight excluding hydrogens is 197 g/mol. The first kappa shape index (κ1) is 9.90. The van der Waals surface area contributed by atoms with Gasteiger partial charge >= 0.3 is 11.7 Å². The Morgan fingerprint density at radius 2 is 2.07 bits per heavy atom. The molecule has 6 nitrogen and oxygen atoms in total. The molecule has 0 spiro atoms. The second kappa shape index (κ2) is 3.29. The number of nitro benzene ring substituents is 1. The van der Waals surface area contributed by atoms with E-state index in [0.717, 1.165) is 0 Å². The number of carboxylic acids is 1. The van der Waals surface area contributed by atoms with Crippen LogP contribution in [0.25, 0.3) is 0 Å². The highest BCUT2D eigenvalue weighted by atomic mass is 19.1. The number of rotatable bonds is 2. The number of aromatic hydroxyl groups is 1. The van der Waals surface area contributed by atoms with E-state index in [2.05, 4.69) is 0 Å². The predicted octanol–water partition coefficient (Wildman–Crippen LogP) is 1.14. The third-order valence-corrected chi connectivity index (χ3v) is 1.47. The van der Waals surface area contributed by atoms with Crippen LogP contribution in [-0.4, -0.2) is 21.1 Å². The van der Waals surface area contributed by atoms with Gasteiger partial charge < -0.3 is 10.2 Å². The molecule has 0 unspecified atom stereocenters. The minimum absolute atomic E-state index is 0.472. The van der Waals surface area contributed by atoms with Crippen LogP contribution in [0.3, 0.4) is 0 Å². The molecule has 1 rings (SSSR count). The summed E-state index contributed by atoms with van der Waals surface area (Å²) in [6.45, 7) is 0. The maximum absolute atomic E-state index is 12.6. The quantitative estimate of drug-likeness (QED) is 0.551. The summed E-state index contributed by atoms with van der Waals surface area (Å²) < 4.78 is 12.6. The molecule has 0 aliphatic carbocycles. The molecule has 0 heterocycles. The van der Waals surface area contributed by atoms with Crippen molar-refractivity contribution < 1.29 is 24.3 Å². The molecule has 1 aromatic carbocycles. The molecule has 0 fully saturated rings. The molecule has 7 heteroatoms. The first-order chi connectivity index (χ1) is 6.43. The van der Waals surface area contributed by atoms with Crippen LogP contribution in [0.15, 0.2) is 12.1 Å². The monoisotopic (exact) mass is 201 g/mol. The summed E-state index contributed by atoms with van der Waals surface area (Å²) >= 11 is 0. The average Bonchev–Trinajstić information content (AvgIpc) is 2.01. The fourth-order valence-corrected chi connectivity index (χ4v) is 0.940. The van der Waals surface area contributed by atoms with E-state index in [1.54, 1.807) is 0 Å². The van der Waals surface area contributed by atoms with Gasteiger partial charge in [-0.3, -0.25) is 10.1 Å². The first-order valence-electron chi connectivity index (χ1n) is 3.33. The van der Waals surface area contributed by atoms with E-state index >= 15 is 0 Å². The Morgan fingerprint density at radius 1 is 1.50 bits per heavy atom. The maximum Gasteiger partial charge on any atom is 0.342 e. The van der Waals surface area contributed by atoms with Crippen LogP contribution in [-0.2, 0) is 0 Å². The number of nitro groups is 1. The van der Waals surface area contributed by atoms with Crippen molar-refractivity contribution >= 4 is 11.7 Å².